The van der Waals surface area contributed by atoms with Gasteiger partial charge in [-0.15, -0.1) is 0 Å². The van der Waals surface area contributed by atoms with Crippen molar-refractivity contribution < 1.29 is 9.53 Å². The lowest BCUT2D eigenvalue weighted by Gasteiger charge is -2.15. The van der Waals surface area contributed by atoms with Crippen LogP contribution in [0, 0.1) is 13.8 Å². The van der Waals surface area contributed by atoms with Gasteiger partial charge < -0.3 is 4.74 Å². The first-order chi connectivity index (χ1) is 8.52. The molecule has 0 fully saturated rings. The maximum absolute atomic E-state index is 12.3. The minimum atomic E-state index is 0.183. The minimum Gasteiger partial charge on any atom is -0.496 e. The molecule has 2 nitrogen and oxygen atoms in total. The molecule has 0 aliphatic carbocycles. The van der Waals surface area contributed by atoms with Gasteiger partial charge in [0.2, 0.25) is 0 Å². The van der Waals surface area contributed by atoms with Crippen LogP contribution in [-0.4, -0.2) is 12.9 Å². The van der Waals surface area contributed by atoms with Gasteiger partial charge in [-0.2, -0.15) is 0 Å². The number of hydrogen-bond donors (Lipinski definition) is 0. The molecule has 0 spiro atoms. The molecule has 0 aliphatic heterocycles. The van der Waals surface area contributed by atoms with Gasteiger partial charge in [-0.1, -0.05) is 35.7 Å². The van der Waals surface area contributed by atoms with E-state index in [0.29, 0.717) is 6.42 Å². The second-order valence-corrected chi connectivity index (χ2v) is 5.44. The molecule has 0 aliphatic rings. The van der Waals surface area contributed by atoms with Crippen LogP contribution in [0.3, 0.4) is 0 Å². The van der Waals surface area contributed by atoms with Crippen LogP contribution in [0.2, 0.25) is 0 Å². The van der Waals surface area contributed by atoms with E-state index in [1.54, 1.807) is 7.11 Å². The summed E-state index contributed by atoms with van der Waals surface area (Å²) < 4.78 is 6.37. The van der Waals surface area contributed by atoms with Crippen molar-refractivity contribution in [1.82, 2.24) is 0 Å². The first kappa shape index (κ1) is 15.2. The van der Waals surface area contributed by atoms with E-state index >= 15 is 0 Å². The lowest BCUT2D eigenvalue weighted by Crippen LogP contribution is -2.07. The number of Topliss-reactive ketones (excluding diaryl/α,β-unsaturated/α-hetero) is 1. The van der Waals surface area contributed by atoms with Gasteiger partial charge in [-0.3, -0.25) is 4.79 Å². The van der Waals surface area contributed by atoms with Gasteiger partial charge in [-0.25, -0.2) is 0 Å². The Hall–Kier alpha value is -0.830. The fourth-order valence-electron chi connectivity index (χ4n) is 2.11. The van der Waals surface area contributed by atoms with Crippen LogP contribution in [-0.2, 0) is 0 Å². The Morgan fingerprint density at radius 3 is 2.56 bits per heavy atom. The van der Waals surface area contributed by atoms with Gasteiger partial charge in [0.25, 0.3) is 0 Å². The summed E-state index contributed by atoms with van der Waals surface area (Å²) in [5.41, 5.74) is 2.70. The number of halogens is 1. The molecule has 0 atom stereocenters. The summed E-state index contributed by atoms with van der Waals surface area (Å²) >= 11 is 3.50. The number of ether oxygens (including phenoxy) is 1. The molecule has 0 amide bonds. The predicted octanol–water partition coefficient (Wildman–Crippen LogP) is 4.84. The zero-order valence-corrected chi connectivity index (χ0v) is 13.2. The highest BCUT2D eigenvalue weighted by Crippen LogP contribution is 2.33. The van der Waals surface area contributed by atoms with Crippen molar-refractivity contribution in [1.29, 1.82) is 0 Å². The summed E-state index contributed by atoms with van der Waals surface area (Å²) in [6, 6.07) is 2.00. The SMILES string of the molecule is CCCCCC(=O)c1c(C)c(Br)cc(C)c1OC. The molecule has 0 saturated carbocycles. The van der Waals surface area contributed by atoms with Gasteiger partial charge in [0.1, 0.15) is 5.75 Å². The Bertz CT molecular complexity index is 439. The van der Waals surface area contributed by atoms with E-state index in [1.807, 2.05) is 19.9 Å². The van der Waals surface area contributed by atoms with Crippen molar-refractivity contribution in [3.63, 3.8) is 0 Å². The summed E-state index contributed by atoms with van der Waals surface area (Å²) in [7, 11) is 1.62. The molecule has 1 rings (SSSR count). The van der Waals surface area contributed by atoms with Gasteiger partial charge in [-0.05, 0) is 37.5 Å². The van der Waals surface area contributed by atoms with Crippen LogP contribution >= 0.6 is 15.9 Å². The smallest absolute Gasteiger partial charge is 0.166 e. The molecule has 1 aromatic carbocycles. The van der Waals surface area contributed by atoms with Crippen LogP contribution in [0.25, 0.3) is 0 Å². The highest BCUT2D eigenvalue weighted by molar-refractivity contribution is 9.10. The summed E-state index contributed by atoms with van der Waals surface area (Å²) in [6.45, 7) is 6.06. The third kappa shape index (κ3) is 3.35. The van der Waals surface area contributed by atoms with E-state index < -0.39 is 0 Å². The normalized spacial score (nSPS) is 10.5. The van der Waals surface area contributed by atoms with Crippen molar-refractivity contribution in [2.75, 3.05) is 7.11 Å². The average Bonchev–Trinajstić information content (AvgIpc) is 2.33. The standard InChI is InChI=1S/C15H21BrO2/c1-5-6-7-8-13(17)14-11(3)12(16)9-10(2)15(14)18-4/h9H,5-8H2,1-4H3. The van der Waals surface area contributed by atoms with Crippen LogP contribution in [0.1, 0.15) is 54.1 Å². The molecule has 1 aromatic rings. The third-order valence-electron chi connectivity index (χ3n) is 3.15. The first-order valence-corrected chi connectivity index (χ1v) is 7.19. The quantitative estimate of drug-likeness (QED) is 0.555. The van der Waals surface area contributed by atoms with Crippen LogP contribution in [0.4, 0.5) is 0 Å². The monoisotopic (exact) mass is 312 g/mol. The molecule has 0 unspecified atom stereocenters. The summed E-state index contributed by atoms with van der Waals surface area (Å²) in [5.74, 6) is 0.902. The van der Waals surface area contributed by atoms with Crippen molar-refractivity contribution in [2.45, 2.75) is 46.5 Å². The van der Waals surface area contributed by atoms with Gasteiger partial charge in [0.05, 0.1) is 12.7 Å². The number of carbonyl (C=O) groups excluding carboxylic acids is 1. The zero-order valence-electron chi connectivity index (χ0n) is 11.6. The molecule has 0 saturated heterocycles. The molecule has 3 heteroatoms. The van der Waals surface area contributed by atoms with Crippen LogP contribution < -0.4 is 4.74 Å². The second-order valence-electron chi connectivity index (χ2n) is 4.59. The number of hydrogen-bond acceptors (Lipinski definition) is 2. The van der Waals surface area contributed by atoms with Gasteiger partial charge in [0, 0.05) is 10.9 Å². The minimum absolute atomic E-state index is 0.183. The van der Waals surface area contributed by atoms with Gasteiger partial charge >= 0.3 is 0 Å². The molecule has 18 heavy (non-hydrogen) atoms. The molecule has 100 valence electrons. The van der Waals surface area contributed by atoms with Gasteiger partial charge in [0.15, 0.2) is 5.78 Å². The first-order valence-electron chi connectivity index (χ1n) is 6.39. The van der Waals surface area contributed by atoms with Crippen molar-refractivity contribution in [2.24, 2.45) is 0 Å². The van der Waals surface area contributed by atoms with Crippen LogP contribution in [0.5, 0.6) is 5.75 Å². The van der Waals surface area contributed by atoms with E-state index in [0.717, 1.165) is 46.2 Å². The largest absolute Gasteiger partial charge is 0.496 e. The van der Waals surface area contributed by atoms with Crippen molar-refractivity contribution in [3.8, 4) is 5.75 Å². The Kier molecular flexibility index (Phi) is 5.86. The molecule has 0 aromatic heterocycles. The van der Waals surface area contributed by atoms with Crippen molar-refractivity contribution in [3.05, 3.63) is 27.2 Å². The number of carbonyl (C=O) groups is 1. The predicted molar refractivity (Wildman–Crippen MR) is 78.6 cm³/mol. The number of methoxy groups -OCH3 is 1. The molecule has 0 N–H and O–H groups in total. The van der Waals surface area contributed by atoms with E-state index in [4.69, 9.17) is 4.74 Å². The fourth-order valence-corrected chi connectivity index (χ4v) is 2.65. The molecular formula is C15H21BrO2. The van der Waals surface area contributed by atoms with Crippen molar-refractivity contribution >= 4 is 21.7 Å². The summed E-state index contributed by atoms with van der Waals surface area (Å²) in [6.07, 6.45) is 3.77. The Labute approximate surface area is 118 Å². The zero-order chi connectivity index (χ0) is 13.7. The number of rotatable bonds is 6. The van der Waals surface area contributed by atoms with E-state index in [9.17, 15) is 4.79 Å². The number of ketones is 1. The molecule has 0 radical (unpaired) electrons. The Morgan fingerprint density at radius 2 is 2.00 bits per heavy atom. The maximum Gasteiger partial charge on any atom is 0.166 e. The molecular weight excluding hydrogens is 292 g/mol. The molecule has 0 bridgehead atoms. The van der Waals surface area contributed by atoms with Crippen LogP contribution in [0.15, 0.2) is 10.5 Å². The summed E-state index contributed by atoms with van der Waals surface area (Å²) in [4.78, 5) is 12.3. The van der Waals surface area contributed by atoms with E-state index in [-0.39, 0.29) is 5.78 Å². The lowest BCUT2D eigenvalue weighted by molar-refractivity contribution is 0.0975. The lowest BCUT2D eigenvalue weighted by atomic mass is 9.97. The van der Waals surface area contributed by atoms with E-state index in [2.05, 4.69) is 22.9 Å². The van der Waals surface area contributed by atoms with E-state index in [1.165, 1.54) is 0 Å². The Morgan fingerprint density at radius 1 is 1.33 bits per heavy atom. The summed E-state index contributed by atoms with van der Waals surface area (Å²) in [5, 5.41) is 0. The maximum atomic E-state index is 12.3. The highest BCUT2D eigenvalue weighted by Gasteiger charge is 2.19. The average molecular weight is 313 g/mol. The second kappa shape index (κ2) is 6.93. The Balaban J connectivity index is 3.09. The molecule has 0 heterocycles. The topological polar surface area (TPSA) is 26.3 Å². The fraction of sp³-hybridized carbons (Fsp3) is 0.533. The third-order valence-corrected chi connectivity index (χ3v) is 3.98. The highest BCUT2D eigenvalue weighted by atomic mass is 79.9. The number of aryl methyl sites for hydroxylation is 1. The number of unbranched alkanes of at least 4 members (excludes halogenated alkanes) is 2. The number of benzene rings is 1.